The van der Waals surface area contributed by atoms with Crippen LogP contribution in [0.3, 0.4) is 0 Å². The number of ketones is 1. The van der Waals surface area contributed by atoms with E-state index in [1.165, 1.54) is 0 Å². The maximum absolute atomic E-state index is 11.9. The zero-order chi connectivity index (χ0) is 9.97. The molecule has 1 aromatic heterocycles. The number of nitrogens with one attached hydrogen (secondary N) is 1. The lowest BCUT2D eigenvalue weighted by molar-refractivity contribution is 0.0865. The molecule has 1 saturated heterocycles. The van der Waals surface area contributed by atoms with Crippen molar-refractivity contribution in [2.24, 2.45) is 5.92 Å². The van der Waals surface area contributed by atoms with E-state index in [9.17, 15) is 4.79 Å². The average molecular weight is 258 g/mol. The number of hydrogen-bond acceptors (Lipinski definition) is 3. The average Bonchev–Trinajstić information content (AvgIpc) is 2.65. The normalized spacial score (nSPS) is 18.4. The molecule has 2 heterocycles. The third kappa shape index (κ3) is 1.91. The fraction of sp³-hybridized carbons (Fsp3) is 0.500. The highest BCUT2D eigenvalue weighted by Crippen LogP contribution is 2.24. The van der Waals surface area contributed by atoms with Gasteiger partial charge in [-0.3, -0.25) is 4.79 Å². The van der Waals surface area contributed by atoms with Crippen molar-refractivity contribution in [3.63, 3.8) is 0 Å². The highest BCUT2D eigenvalue weighted by Gasteiger charge is 2.25. The number of Topliss-reactive ketones (excluding diaryl/α,β-unsaturated/α-hetero) is 1. The van der Waals surface area contributed by atoms with Crippen LogP contribution in [0, 0.1) is 5.92 Å². The first-order valence-corrected chi connectivity index (χ1v) is 5.56. The monoisotopic (exact) mass is 257 g/mol. The van der Waals surface area contributed by atoms with Crippen molar-refractivity contribution in [2.45, 2.75) is 12.8 Å². The lowest BCUT2D eigenvalue weighted by atomic mass is 9.92. The summed E-state index contributed by atoms with van der Waals surface area (Å²) >= 11 is 3.30. The summed E-state index contributed by atoms with van der Waals surface area (Å²) < 4.78 is 5.93. The molecule has 1 fully saturated rings. The molecule has 0 aliphatic carbocycles. The number of carbonyl (C=O) groups is 1. The van der Waals surface area contributed by atoms with Crippen molar-refractivity contribution in [2.75, 3.05) is 13.1 Å². The van der Waals surface area contributed by atoms with Crippen LogP contribution in [-0.2, 0) is 0 Å². The molecule has 2 rings (SSSR count). The van der Waals surface area contributed by atoms with Crippen molar-refractivity contribution in [1.29, 1.82) is 0 Å². The van der Waals surface area contributed by atoms with E-state index in [2.05, 4.69) is 21.2 Å². The molecular weight excluding hydrogens is 246 g/mol. The van der Waals surface area contributed by atoms with E-state index in [4.69, 9.17) is 4.42 Å². The van der Waals surface area contributed by atoms with Crippen molar-refractivity contribution in [3.05, 3.63) is 22.6 Å². The molecule has 0 bridgehead atoms. The number of halogens is 1. The molecule has 1 aliphatic rings. The molecule has 3 nitrogen and oxygen atoms in total. The Balaban J connectivity index is 2.11. The van der Waals surface area contributed by atoms with Gasteiger partial charge in [0.15, 0.2) is 5.76 Å². The van der Waals surface area contributed by atoms with Crippen LogP contribution in [0.2, 0.25) is 0 Å². The lowest BCUT2D eigenvalue weighted by Gasteiger charge is -2.20. The molecule has 1 aromatic rings. The first-order chi connectivity index (χ1) is 6.79. The van der Waals surface area contributed by atoms with Gasteiger partial charge in [0.2, 0.25) is 5.78 Å². The quantitative estimate of drug-likeness (QED) is 0.827. The van der Waals surface area contributed by atoms with Crippen molar-refractivity contribution < 1.29 is 9.21 Å². The molecule has 0 aromatic carbocycles. The molecule has 0 radical (unpaired) electrons. The summed E-state index contributed by atoms with van der Waals surface area (Å²) in [5, 5.41) is 3.23. The zero-order valence-corrected chi connectivity index (χ0v) is 9.34. The van der Waals surface area contributed by atoms with Crippen LogP contribution in [-0.4, -0.2) is 18.9 Å². The Bertz CT molecular complexity index is 329. The minimum atomic E-state index is 0.124. The molecule has 0 spiro atoms. The zero-order valence-electron chi connectivity index (χ0n) is 7.75. The topological polar surface area (TPSA) is 42.2 Å². The van der Waals surface area contributed by atoms with Gasteiger partial charge in [-0.1, -0.05) is 0 Å². The summed E-state index contributed by atoms with van der Waals surface area (Å²) in [6, 6.07) is 1.76. The van der Waals surface area contributed by atoms with Crippen LogP contribution < -0.4 is 5.32 Å². The van der Waals surface area contributed by atoms with Crippen molar-refractivity contribution >= 4 is 21.7 Å². The van der Waals surface area contributed by atoms with Crippen LogP contribution in [0.25, 0.3) is 0 Å². The third-order valence-electron chi connectivity index (χ3n) is 2.55. The minimum absolute atomic E-state index is 0.124. The van der Waals surface area contributed by atoms with Gasteiger partial charge >= 0.3 is 0 Å². The van der Waals surface area contributed by atoms with E-state index < -0.39 is 0 Å². The summed E-state index contributed by atoms with van der Waals surface area (Å²) in [4.78, 5) is 11.9. The highest BCUT2D eigenvalue weighted by molar-refractivity contribution is 9.10. The molecule has 4 heteroatoms. The number of carbonyl (C=O) groups excluding carboxylic acids is 1. The van der Waals surface area contributed by atoms with Crippen LogP contribution in [0.1, 0.15) is 23.4 Å². The summed E-state index contributed by atoms with van der Waals surface area (Å²) in [7, 11) is 0. The Morgan fingerprint density at radius 1 is 1.50 bits per heavy atom. The Kier molecular flexibility index (Phi) is 3.03. The standard InChI is InChI=1S/C10H12BrNO2/c11-8-3-6-14-10(8)9(13)7-1-4-12-5-2-7/h3,6-7,12H,1-2,4-5H2. The Morgan fingerprint density at radius 2 is 2.21 bits per heavy atom. The summed E-state index contributed by atoms with van der Waals surface area (Å²) in [6.45, 7) is 1.85. The number of rotatable bonds is 2. The smallest absolute Gasteiger partial charge is 0.202 e. The highest BCUT2D eigenvalue weighted by atomic mass is 79.9. The van der Waals surface area contributed by atoms with Gasteiger partial charge in [0, 0.05) is 5.92 Å². The molecule has 0 unspecified atom stereocenters. The van der Waals surface area contributed by atoms with Crippen LogP contribution in [0.5, 0.6) is 0 Å². The predicted molar refractivity (Wildman–Crippen MR) is 56.3 cm³/mol. The van der Waals surface area contributed by atoms with Gasteiger partial charge in [0.25, 0.3) is 0 Å². The summed E-state index contributed by atoms with van der Waals surface area (Å²) in [5.41, 5.74) is 0. The number of piperidine rings is 1. The number of hydrogen-bond donors (Lipinski definition) is 1. The van der Waals surface area contributed by atoms with Crippen LogP contribution in [0.4, 0.5) is 0 Å². The van der Waals surface area contributed by atoms with E-state index in [0.717, 1.165) is 30.4 Å². The van der Waals surface area contributed by atoms with Crippen molar-refractivity contribution in [3.8, 4) is 0 Å². The predicted octanol–water partition coefficient (Wildman–Crippen LogP) is 2.22. The second-order valence-electron chi connectivity index (χ2n) is 3.49. The largest absolute Gasteiger partial charge is 0.460 e. The molecule has 0 saturated carbocycles. The fourth-order valence-electron chi connectivity index (χ4n) is 1.74. The van der Waals surface area contributed by atoms with Crippen LogP contribution >= 0.6 is 15.9 Å². The van der Waals surface area contributed by atoms with E-state index in [1.807, 2.05) is 0 Å². The van der Waals surface area contributed by atoms with E-state index in [-0.39, 0.29) is 11.7 Å². The molecular formula is C10H12BrNO2. The Hall–Kier alpha value is -0.610. The second kappa shape index (κ2) is 4.28. The molecule has 1 N–H and O–H groups in total. The van der Waals surface area contributed by atoms with E-state index in [1.54, 1.807) is 12.3 Å². The van der Waals surface area contributed by atoms with E-state index >= 15 is 0 Å². The molecule has 76 valence electrons. The van der Waals surface area contributed by atoms with Gasteiger partial charge in [0.1, 0.15) is 0 Å². The van der Waals surface area contributed by atoms with E-state index in [0.29, 0.717) is 5.76 Å². The first kappa shape index (κ1) is 9.93. The van der Waals surface area contributed by atoms with Gasteiger partial charge in [0.05, 0.1) is 10.7 Å². The molecule has 14 heavy (non-hydrogen) atoms. The Labute approximate surface area is 91.0 Å². The summed E-state index contributed by atoms with van der Waals surface area (Å²) in [6.07, 6.45) is 3.36. The molecule has 0 amide bonds. The van der Waals surface area contributed by atoms with Gasteiger partial charge in [-0.25, -0.2) is 0 Å². The van der Waals surface area contributed by atoms with Gasteiger partial charge < -0.3 is 9.73 Å². The summed E-state index contributed by atoms with van der Waals surface area (Å²) in [5.74, 6) is 0.721. The first-order valence-electron chi connectivity index (χ1n) is 4.77. The van der Waals surface area contributed by atoms with Gasteiger partial charge in [-0.2, -0.15) is 0 Å². The van der Waals surface area contributed by atoms with Gasteiger partial charge in [-0.05, 0) is 47.9 Å². The van der Waals surface area contributed by atoms with Gasteiger partial charge in [-0.15, -0.1) is 0 Å². The number of furan rings is 1. The third-order valence-corrected chi connectivity index (χ3v) is 3.18. The maximum atomic E-state index is 11.9. The fourth-order valence-corrected chi connectivity index (χ4v) is 2.14. The molecule has 0 atom stereocenters. The molecule has 1 aliphatic heterocycles. The second-order valence-corrected chi connectivity index (χ2v) is 4.34. The van der Waals surface area contributed by atoms with Crippen molar-refractivity contribution in [1.82, 2.24) is 5.32 Å². The maximum Gasteiger partial charge on any atom is 0.202 e. The van der Waals surface area contributed by atoms with Crippen LogP contribution in [0.15, 0.2) is 21.2 Å². The SMILES string of the molecule is O=C(c1occc1Br)C1CCNCC1. The lowest BCUT2D eigenvalue weighted by Crippen LogP contribution is -2.31. The Morgan fingerprint density at radius 3 is 2.79 bits per heavy atom. The minimum Gasteiger partial charge on any atom is -0.460 e.